The van der Waals surface area contributed by atoms with Gasteiger partial charge in [-0.2, -0.15) is 0 Å². The van der Waals surface area contributed by atoms with E-state index in [0.29, 0.717) is 6.61 Å². The number of ether oxygens (including phenoxy) is 2. The van der Waals surface area contributed by atoms with E-state index in [1.54, 1.807) is 13.3 Å². The summed E-state index contributed by atoms with van der Waals surface area (Å²) in [7, 11) is 3.49. The fourth-order valence-electron chi connectivity index (χ4n) is 1.50. The average molecular weight is 244 g/mol. The van der Waals surface area contributed by atoms with Crippen LogP contribution in [-0.2, 0) is 6.61 Å². The number of aromatic nitrogens is 1. The van der Waals surface area contributed by atoms with Crippen LogP contribution in [0.3, 0.4) is 0 Å². The van der Waals surface area contributed by atoms with Gasteiger partial charge in [0.2, 0.25) is 0 Å². The van der Waals surface area contributed by atoms with Crippen molar-refractivity contribution in [2.24, 2.45) is 0 Å². The number of methoxy groups -OCH3 is 1. The van der Waals surface area contributed by atoms with Gasteiger partial charge in [-0.25, -0.2) is 4.98 Å². The molecular weight excluding hydrogens is 228 g/mol. The highest BCUT2D eigenvalue weighted by molar-refractivity contribution is 5.35. The van der Waals surface area contributed by atoms with E-state index in [1.165, 1.54) is 0 Å². The molecule has 0 saturated heterocycles. The molecule has 4 nitrogen and oxygen atoms in total. The lowest BCUT2D eigenvalue weighted by atomic mass is 10.3. The molecule has 18 heavy (non-hydrogen) atoms. The maximum absolute atomic E-state index is 5.65. The fourth-order valence-corrected chi connectivity index (χ4v) is 1.50. The zero-order chi connectivity index (χ0) is 12.8. The quantitative estimate of drug-likeness (QED) is 0.878. The summed E-state index contributed by atoms with van der Waals surface area (Å²) in [6.45, 7) is 0.503. The van der Waals surface area contributed by atoms with Crippen molar-refractivity contribution in [2.75, 3.05) is 19.5 Å². The summed E-state index contributed by atoms with van der Waals surface area (Å²) >= 11 is 0. The second kappa shape index (κ2) is 5.91. The van der Waals surface area contributed by atoms with Crippen LogP contribution in [-0.4, -0.2) is 19.1 Å². The molecule has 1 aromatic carbocycles. The molecule has 0 fully saturated rings. The molecule has 0 atom stereocenters. The van der Waals surface area contributed by atoms with Gasteiger partial charge in [-0.15, -0.1) is 0 Å². The average Bonchev–Trinajstić information content (AvgIpc) is 2.46. The standard InChI is InChI=1S/C14H16N2O2/c1-15-14-8-3-11(9-16-14)10-18-13-6-4-12(17-2)5-7-13/h3-9H,10H2,1-2H3,(H,15,16). The van der Waals surface area contributed by atoms with Crippen LogP contribution in [0.25, 0.3) is 0 Å². The Bertz CT molecular complexity index is 433. The minimum atomic E-state index is 0.503. The van der Waals surface area contributed by atoms with Gasteiger partial charge in [-0.1, -0.05) is 6.07 Å². The van der Waals surface area contributed by atoms with E-state index < -0.39 is 0 Å². The van der Waals surface area contributed by atoms with E-state index >= 15 is 0 Å². The molecule has 0 saturated carbocycles. The lowest BCUT2D eigenvalue weighted by molar-refractivity contribution is 0.305. The van der Waals surface area contributed by atoms with E-state index in [2.05, 4.69) is 10.3 Å². The maximum Gasteiger partial charge on any atom is 0.125 e. The Kier molecular flexibility index (Phi) is 4.02. The van der Waals surface area contributed by atoms with Gasteiger partial charge >= 0.3 is 0 Å². The summed E-state index contributed by atoms with van der Waals surface area (Å²) in [5, 5.41) is 2.97. The highest BCUT2D eigenvalue weighted by atomic mass is 16.5. The molecule has 0 bridgehead atoms. The van der Waals surface area contributed by atoms with E-state index in [9.17, 15) is 0 Å². The van der Waals surface area contributed by atoms with Crippen LogP contribution in [0.15, 0.2) is 42.6 Å². The summed E-state index contributed by atoms with van der Waals surface area (Å²) in [6.07, 6.45) is 1.80. The van der Waals surface area contributed by atoms with Gasteiger partial charge in [0.15, 0.2) is 0 Å². The summed E-state index contributed by atoms with van der Waals surface area (Å²) < 4.78 is 10.7. The van der Waals surface area contributed by atoms with Gasteiger partial charge in [-0.05, 0) is 30.3 Å². The van der Waals surface area contributed by atoms with Crippen LogP contribution in [0.5, 0.6) is 11.5 Å². The molecular formula is C14H16N2O2. The first-order valence-corrected chi connectivity index (χ1v) is 5.71. The van der Waals surface area contributed by atoms with Crippen molar-refractivity contribution in [3.8, 4) is 11.5 Å². The molecule has 0 aliphatic heterocycles. The normalized spacial score (nSPS) is 9.89. The Labute approximate surface area is 107 Å². The third-order valence-electron chi connectivity index (χ3n) is 2.55. The van der Waals surface area contributed by atoms with Crippen molar-refractivity contribution in [2.45, 2.75) is 6.61 Å². The second-order valence-corrected chi connectivity index (χ2v) is 3.77. The van der Waals surface area contributed by atoms with Crippen LogP contribution in [0.4, 0.5) is 5.82 Å². The number of nitrogens with one attached hydrogen (secondary N) is 1. The molecule has 0 aliphatic rings. The first-order chi connectivity index (χ1) is 8.81. The largest absolute Gasteiger partial charge is 0.497 e. The Morgan fingerprint density at radius 2 is 1.78 bits per heavy atom. The summed E-state index contributed by atoms with van der Waals surface area (Å²) in [5.41, 5.74) is 1.03. The summed E-state index contributed by atoms with van der Waals surface area (Å²) in [5.74, 6) is 2.49. The molecule has 1 heterocycles. The molecule has 2 aromatic rings. The van der Waals surface area contributed by atoms with E-state index in [1.807, 2.05) is 43.4 Å². The van der Waals surface area contributed by atoms with Gasteiger partial charge in [0, 0.05) is 18.8 Å². The van der Waals surface area contributed by atoms with Gasteiger partial charge < -0.3 is 14.8 Å². The third-order valence-corrected chi connectivity index (χ3v) is 2.55. The van der Waals surface area contributed by atoms with E-state index in [0.717, 1.165) is 22.9 Å². The Morgan fingerprint density at radius 1 is 1.06 bits per heavy atom. The smallest absolute Gasteiger partial charge is 0.125 e. The molecule has 0 amide bonds. The molecule has 0 spiro atoms. The van der Waals surface area contributed by atoms with Crippen molar-refractivity contribution >= 4 is 5.82 Å². The lowest BCUT2D eigenvalue weighted by Gasteiger charge is -2.07. The Hall–Kier alpha value is -2.23. The second-order valence-electron chi connectivity index (χ2n) is 3.77. The zero-order valence-corrected chi connectivity index (χ0v) is 10.5. The summed E-state index contributed by atoms with van der Waals surface area (Å²) in [6, 6.07) is 11.4. The molecule has 1 aromatic heterocycles. The molecule has 94 valence electrons. The number of pyridine rings is 1. The van der Waals surface area contributed by atoms with E-state index in [4.69, 9.17) is 9.47 Å². The van der Waals surface area contributed by atoms with Gasteiger partial charge in [0.1, 0.15) is 23.9 Å². The van der Waals surface area contributed by atoms with Gasteiger partial charge in [0.25, 0.3) is 0 Å². The SMILES string of the molecule is CNc1ccc(COc2ccc(OC)cc2)cn1. The third kappa shape index (κ3) is 3.13. The van der Waals surface area contributed by atoms with Crippen molar-refractivity contribution in [1.29, 1.82) is 0 Å². The number of benzene rings is 1. The van der Waals surface area contributed by atoms with Crippen LogP contribution in [0.1, 0.15) is 5.56 Å². The van der Waals surface area contributed by atoms with E-state index in [-0.39, 0.29) is 0 Å². The van der Waals surface area contributed by atoms with Crippen LogP contribution in [0, 0.1) is 0 Å². The number of nitrogens with zero attached hydrogens (tertiary/aromatic N) is 1. The molecule has 1 N–H and O–H groups in total. The molecule has 2 rings (SSSR count). The number of hydrogen-bond donors (Lipinski definition) is 1. The van der Waals surface area contributed by atoms with Gasteiger partial charge in [-0.3, -0.25) is 0 Å². The summed E-state index contributed by atoms with van der Waals surface area (Å²) in [4.78, 5) is 4.23. The van der Waals surface area contributed by atoms with Crippen molar-refractivity contribution in [3.63, 3.8) is 0 Å². The van der Waals surface area contributed by atoms with Crippen LogP contribution < -0.4 is 14.8 Å². The van der Waals surface area contributed by atoms with Crippen LogP contribution in [0.2, 0.25) is 0 Å². The predicted molar refractivity (Wildman–Crippen MR) is 71.1 cm³/mol. The molecule has 4 heteroatoms. The first-order valence-electron chi connectivity index (χ1n) is 5.71. The molecule has 0 unspecified atom stereocenters. The highest BCUT2D eigenvalue weighted by Crippen LogP contribution is 2.18. The van der Waals surface area contributed by atoms with Crippen LogP contribution >= 0.6 is 0 Å². The number of hydrogen-bond acceptors (Lipinski definition) is 4. The Morgan fingerprint density at radius 3 is 2.33 bits per heavy atom. The molecule has 0 aliphatic carbocycles. The fraction of sp³-hybridized carbons (Fsp3) is 0.214. The van der Waals surface area contributed by atoms with Crippen molar-refractivity contribution in [1.82, 2.24) is 4.98 Å². The topological polar surface area (TPSA) is 43.4 Å². The number of rotatable bonds is 5. The zero-order valence-electron chi connectivity index (χ0n) is 10.5. The predicted octanol–water partition coefficient (Wildman–Crippen LogP) is 2.71. The minimum Gasteiger partial charge on any atom is -0.497 e. The van der Waals surface area contributed by atoms with Gasteiger partial charge in [0.05, 0.1) is 7.11 Å². The first kappa shape index (κ1) is 12.2. The monoisotopic (exact) mass is 244 g/mol. The van der Waals surface area contributed by atoms with Crippen molar-refractivity contribution in [3.05, 3.63) is 48.2 Å². The minimum absolute atomic E-state index is 0.503. The van der Waals surface area contributed by atoms with Crippen molar-refractivity contribution < 1.29 is 9.47 Å². The molecule has 0 radical (unpaired) electrons. The highest BCUT2D eigenvalue weighted by Gasteiger charge is 1.98. The number of anilines is 1. The Balaban J connectivity index is 1.93. The lowest BCUT2D eigenvalue weighted by Crippen LogP contribution is -1.98. The maximum atomic E-state index is 5.65.